The normalized spacial score (nSPS) is 10.4. The van der Waals surface area contributed by atoms with E-state index in [4.69, 9.17) is 22.1 Å². The van der Waals surface area contributed by atoms with Gasteiger partial charge in [0.25, 0.3) is 0 Å². The number of ether oxygens (including phenoxy) is 1. The lowest BCUT2D eigenvalue weighted by molar-refractivity contribution is 0.416. The Morgan fingerprint density at radius 2 is 2.00 bits per heavy atom. The van der Waals surface area contributed by atoms with Crippen LogP contribution in [0.4, 0.5) is 5.95 Å². The summed E-state index contributed by atoms with van der Waals surface area (Å²) in [7, 11) is 1.59. The van der Waals surface area contributed by atoms with Gasteiger partial charge in [0.2, 0.25) is 5.95 Å². The van der Waals surface area contributed by atoms with Crippen LogP contribution in [0.2, 0.25) is 5.15 Å². The lowest BCUT2D eigenvalue weighted by atomic mass is 10.1. The summed E-state index contributed by atoms with van der Waals surface area (Å²) in [5.41, 5.74) is 6.98. The second-order valence-corrected chi connectivity index (χ2v) is 5.45. The Morgan fingerprint density at radius 3 is 2.67 bits per heavy atom. The zero-order valence-electron chi connectivity index (χ0n) is 9.25. The zero-order chi connectivity index (χ0) is 13.3. The second kappa shape index (κ2) is 5.42. The van der Waals surface area contributed by atoms with E-state index < -0.39 is 0 Å². The molecule has 2 aromatic rings. The number of hydrogen-bond donors (Lipinski definition) is 1. The Balaban J connectivity index is 2.72. The molecule has 0 unspecified atom stereocenters. The number of anilines is 1. The minimum Gasteiger partial charge on any atom is -0.496 e. The summed E-state index contributed by atoms with van der Waals surface area (Å²) in [6.07, 6.45) is 0. The van der Waals surface area contributed by atoms with E-state index in [0.717, 1.165) is 10.0 Å². The highest BCUT2D eigenvalue weighted by atomic mass is 79.9. The predicted octanol–water partition coefficient (Wildman–Crippen LogP) is 3.91. The predicted molar refractivity (Wildman–Crippen MR) is 78.8 cm³/mol. The zero-order valence-corrected chi connectivity index (χ0v) is 13.2. The first-order valence-electron chi connectivity index (χ1n) is 4.85. The van der Waals surface area contributed by atoms with Crippen molar-refractivity contribution in [3.05, 3.63) is 32.3 Å². The van der Waals surface area contributed by atoms with Gasteiger partial charge in [0, 0.05) is 10.0 Å². The van der Waals surface area contributed by atoms with Crippen LogP contribution in [-0.4, -0.2) is 17.1 Å². The van der Waals surface area contributed by atoms with Crippen LogP contribution >= 0.6 is 43.5 Å². The molecular formula is C11H8Br2ClN3O. The average molecular weight is 393 g/mol. The van der Waals surface area contributed by atoms with Crippen LogP contribution in [0, 0.1) is 0 Å². The number of nitrogens with two attached hydrogens (primary N) is 1. The third kappa shape index (κ3) is 2.60. The molecule has 18 heavy (non-hydrogen) atoms. The molecule has 0 aliphatic heterocycles. The fraction of sp³-hybridized carbons (Fsp3) is 0.0909. The Hall–Kier alpha value is -0.850. The summed E-state index contributed by atoms with van der Waals surface area (Å²) in [6.45, 7) is 0. The van der Waals surface area contributed by atoms with Crippen molar-refractivity contribution in [2.24, 2.45) is 0 Å². The van der Waals surface area contributed by atoms with E-state index in [-0.39, 0.29) is 11.1 Å². The van der Waals surface area contributed by atoms with Crippen LogP contribution < -0.4 is 10.5 Å². The molecule has 1 aromatic carbocycles. The smallest absolute Gasteiger partial charge is 0.222 e. The van der Waals surface area contributed by atoms with E-state index in [2.05, 4.69) is 41.8 Å². The highest BCUT2D eigenvalue weighted by molar-refractivity contribution is 9.11. The van der Waals surface area contributed by atoms with Crippen molar-refractivity contribution in [1.29, 1.82) is 0 Å². The molecule has 94 valence electrons. The molecule has 0 radical (unpaired) electrons. The minimum atomic E-state index is 0.111. The molecule has 1 aromatic heterocycles. The summed E-state index contributed by atoms with van der Waals surface area (Å²) in [5.74, 6) is 0.785. The van der Waals surface area contributed by atoms with Crippen molar-refractivity contribution in [3.63, 3.8) is 0 Å². The molecule has 7 heteroatoms. The Labute approximate surface area is 126 Å². The van der Waals surface area contributed by atoms with E-state index in [1.54, 1.807) is 7.11 Å². The summed E-state index contributed by atoms with van der Waals surface area (Å²) >= 11 is 12.7. The lowest BCUT2D eigenvalue weighted by Crippen LogP contribution is -1.99. The van der Waals surface area contributed by atoms with Gasteiger partial charge in [-0.3, -0.25) is 0 Å². The monoisotopic (exact) mass is 391 g/mol. The maximum Gasteiger partial charge on any atom is 0.222 e. The number of nitrogen functional groups attached to an aromatic ring is 1. The van der Waals surface area contributed by atoms with Gasteiger partial charge in [0.05, 0.1) is 17.3 Å². The third-order valence-corrected chi connectivity index (χ3v) is 3.99. The van der Waals surface area contributed by atoms with Crippen LogP contribution in [0.5, 0.6) is 5.75 Å². The van der Waals surface area contributed by atoms with E-state index in [9.17, 15) is 0 Å². The molecule has 0 spiro atoms. The van der Waals surface area contributed by atoms with E-state index in [1.165, 1.54) is 0 Å². The highest BCUT2D eigenvalue weighted by Crippen LogP contribution is 2.38. The number of benzene rings is 1. The van der Waals surface area contributed by atoms with Crippen molar-refractivity contribution in [2.45, 2.75) is 0 Å². The minimum absolute atomic E-state index is 0.111. The summed E-state index contributed by atoms with van der Waals surface area (Å²) in [4.78, 5) is 8.06. The van der Waals surface area contributed by atoms with Crippen LogP contribution in [-0.2, 0) is 0 Å². The Morgan fingerprint density at radius 1 is 1.28 bits per heavy atom. The summed E-state index contributed by atoms with van der Waals surface area (Å²) in [6, 6.07) is 5.59. The van der Waals surface area contributed by atoms with Crippen LogP contribution in [0.3, 0.4) is 0 Å². The molecule has 0 bridgehead atoms. The molecule has 0 aliphatic carbocycles. The fourth-order valence-corrected chi connectivity index (χ4v) is 2.41. The number of halogens is 3. The summed E-state index contributed by atoms with van der Waals surface area (Å²) < 4.78 is 6.78. The van der Waals surface area contributed by atoms with Gasteiger partial charge in [-0.1, -0.05) is 27.5 Å². The van der Waals surface area contributed by atoms with Gasteiger partial charge in [-0.2, -0.15) is 0 Å². The number of nitrogens with zero attached hydrogens (tertiary/aromatic N) is 2. The van der Waals surface area contributed by atoms with E-state index in [1.807, 2.05) is 18.2 Å². The molecule has 4 nitrogen and oxygen atoms in total. The van der Waals surface area contributed by atoms with E-state index >= 15 is 0 Å². The third-order valence-electron chi connectivity index (χ3n) is 2.24. The molecule has 0 aliphatic rings. The second-order valence-electron chi connectivity index (χ2n) is 3.38. The Bertz CT molecular complexity index is 607. The van der Waals surface area contributed by atoms with Crippen LogP contribution in [0.15, 0.2) is 27.1 Å². The first kappa shape index (κ1) is 13.6. The largest absolute Gasteiger partial charge is 0.496 e. The molecule has 0 atom stereocenters. The summed E-state index contributed by atoms with van der Waals surface area (Å²) in [5, 5.41) is 0.263. The number of rotatable bonds is 2. The van der Waals surface area contributed by atoms with Crippen molar-refractivity contribution in [1.82, 2.24) is 9.97 Å². The number of methoxy groups -OCH3 is 1. The topological polar surface area (TPSA) is 61.0 Å². The number of aromatic nitrogens is 2. The molecule has 0 saturated carbocycles. The molecule has 0 saturated heterocycles. The van der Waals surface area contributed by atoms with Crippen molar-refractivity contribution < 1.29 is 4.74 Å². The van der Waals surface area contributed by atoms with Gasteiger partial charge in [0.1, 0.15) is 10.9 Å². The van der Waals surface area contributed by atoms with E-state index in [0.29, 0.717) is 15.9 Å². The van der Waals surface area contributed by atoms with Gasteiger partial charge >= 0.3 is 0 Å². The van der Waals surface area contributed by atoms with Gasteiger partial charge in [-0.15, -0.1) is 0 Å². The average Bonchev–Trinajstić information content (AvgIpc) is 2.33. The molecule has 2 rings (SSSR count). The Kier molecular flexibility index (Phi) is 4.09. The van der Waals surface area contributed by atoms with Crippen LogP contribution in [0.1, 0.15) is 0 Å². The van der Waals surface area contributed by atoms with Crippen molar-refractivity contribution in [3.8, 4) is 17.0 Å². The first-order chi connectivity index (χ1) is 8.52. The van der Waals surface area contributed by atoms with Gasteiger partial charge in [-0.25, -0.2) is 9.97 Å². The molecule has 0 fully saturated rings. The standard InChI is InChI=1S/C11H8Br2ClN3O/c1-18-7-3-2-5(12)4-6(7)9-8(13)10(14)17-11(15)16-9/h2-4H,1H3,(H2,15,16,17). The SMILES string of the molecule is COc1ccc(Br)cc1-c1nc(N)nc(Cl)c1Br. The quantitative estimate of drug-likeness (QED) is 0.786. The van der Waals surface area contributed by atoms with Crippen molar-refractivity contribution >= 4 is 49.4 Å². The molecular weight excluding hydrogens is 385 g/mol. The lowest BCUT2D eigenvalue weighted by Gasteiger charge is -2.11. The van der Waals surface area contributed by atoms with Gasteiger partial charge < -0.3 is 10.5 Å². The molecule has 0 amide bonds. The van der Waals surface area contributed by atoms with Crippen LogP contribution in [0.25, 0.3) is 11.3 Å². The molecule has 2 N–H and O–H groups in total. The maximum atomic E-state index is 5.97. The van der Waals surface area contributed by atoms with Gasteiger partial charge in [-0.05, 0) is 34.1 Å². The van der Waals surface area contributed by atoms with Gasteiger partial charge in [0.15, 0.2) is 0 Å². The molecule has 1 heterocycles. The first-order valence-corrected chi connectivity index (χ1v) is 6.81. The fourth-order valence-electron chi connectivity index (χ4n) is 1.48. The number of hydrogen-bond acceptors (Lipinski definition) is 4. The van der Waals surface area contributed by atoms with Crippen molar-refractivity contribution in [2.75, 3.05) is 12.8 Å². The maximum absolute atomic E-state index is 5.97. The highest BCUT2D eigenvalue weighted by Gasteiger charge is 2.15.